The summed E-state index contributed by atoms with van der Waals surface area (Å²) in [4.78, 5) is 2.71. The first kappa shape index (κ1) is 15.8. The van der Waals surface area contributed by atoms with Crippen molar-refractivity contribution in [2.45, 2.75) is 45.1 Å². The monoisotopic (exact) mass is 291 g/mol. The number of aromatic amines is 1. The Balaban J connectivity index is 0.000000810. The maximum atomic E-state index is 4.19. The highest BCUT2D eigenvalue weighted by atomic mass is 35.5. The normalized spacial score (nSPS) is 26.5. The van der Waals surface area contributed by atoms with Gasteiger partial charge >= 0.3 is 0 Å². The summed E-state index contributed by atoms with van der Waals surface area (Å²) in [7, 11) is 0. The topological polar surface area (TPSA) is 31.9 Å². The van der Waals surface area contributed by atoms with E-state index >= 15 is 0 Å². The fourth-order valence-electron chi connectivity index (χ4n) is 3.49. The Morgan fingerprint density at radius 3 is 3.00 bits per heavy atom. The second-order valence-electron chi connectivity index (χ2n) is 5.29. The number of nitrogens with zero attached hydrogens (tertiary/aromatic N) is 2. The summed E-state index contributed by atoms with van der Waals surface area (Å²) in [6, 6.07) is 0.791. The molecule has 0 radical (unpaired) electrons. The minimum absolute atomic E-state index is 0. The van der Waals surface area contributed by atoms with Gasteiger partial charge in [-0.15, -0.1) is 24.8 Å². The summed E-state index contributed by atoms with van der Waals surface area (Å²) >= 11 is 0. The number of rotatable bonds is 2. The zero-order valence-corrected chi connectivity index (χ0v) is 12.5. The molecule has 2 atom stereocenters. The molecule has 0 aromatic carbocycles. The molecule has 0 bridgehead atoms. The number of nitrogens with one attached hydrogen (secondary N) is 1. The molecule has 3 rings (SSSR count). The molecule has 18 heavy (non-hydrogen) atoms. The van der Waals surface area contributed by atoms with Crippen LogP contribution in [-0.4, -0.2) is 34.2 Å². The Hall–Kier alpha value is -0.250. The van der Waals surface area contributed by atoms with Crippen LogP contribution in [0.4, 0.5) is 0 Å². The third-order valence-electron chi connectivity index (χ3n) is 4.25. The van der Waals surface area contributed by atoms with E-state index in [2.05, 4.69) is 22.0 Å². The van der Waals surface area contributed by atoms with Crippen molar-refractivity contribution in [3.63, 3.8) is 0 Å². The number of fused-ring (bicyclic) bond motifs is 2. The third kappa shape index (κ3) is 2.84. The maximum Gasteiger partial charge on any atom is 0.0522 e. The van der Waals surface area contributed by atoms with Crippen LogP contribution in [0.3, 0.4) is 0 Å². The first-order valence-corrected chi connectivity index (χ1v) is 6.63. The van der Waals surface area contributed by atoms with Gasteiger partial charge in [-0.25, -0.2) is 0 Å². The van der Waals surface area contributed by atoms with Gasteiger partial charge in [0.25, 0.3) is 0 Å². The van der Waals surface area contributed by atoms with Gasteiger partial charge in [0.1, 0.15) is 0 Å². The standard InChI is InChI=1S/C13H21N3.2ClH/c1-2-5-16-6-3-4-10-7-12-11(8-13(10)16)9-14-15-12;;/h9-10,13H,2-8H2,1H3,(H,14,15);2*1H/t10-,13-;;/m1../s1. The molecule has 0 amide bonds. The largest absolute Gasteiger partial charge is 0.300 e. The van der Waals surface area contributed by atoms with Crippen LogP contribution in [0.2, 0.25) is 0 Å². The van der Waals surface area contributed by atoms with E-state index in [1.807, 2.05) is 6.20 Å². The molecule has 2 heterocycles. The van der Waals surface area contributed by atoms with Crippen LogP contribution in [0.25, 0.3) is 0 Å². The lowest BCUT2D eigenvalue weighted by Gasteiger charge is -2.43. The van der Waals surface area contributed by atoms with Crippen molar-refractivity contribution >= 4 is 24.8 Å². The van der Waals surface area contributed by atoms with Crippen molar-refractivity contribution in [1.29, 1.82) is 0 Å². The number of hydrogen-bond donors (Lipinski definition) is 1. The second kappa shape index (κ2) is 6.78. The van der Waals surface area contributed by atoms with Crippen LogP contribution in [0, 0.1) is 5.92 Å². The van der Waals surface area contributed by atoms with Gasteiger partial charge in [0, 0.05) is 11.7 Å². The Morgan fingerprint density at radius 2 is 2.22 bits per heavy atom. The van der Waals surface area contributed by atoms with Crippen LogP contribution >= 0.6 is 24.8 Å². The van der Waals surface area contributed by atoms with E-state index in [0.29, 0.717) is 0 Å². The van der Waals surface area contributed by atoms with Crippen molar-refractivity contribution in [3.8, 4) is 0 Å². The van der Waals surface area contributed by atoms with Crippen LogP contribution in [-0.2, 0) is 12.8 Å². The minimum Gasteiger partial charge on any atom is -0.300 e. The minimum atomic E-state index is 0. The molecule has 1 fully saturated rings. The number of hydrogen-bond acceptors (Lipinski definition) is 2. The highest BCUT2D eigenvalue weighted by Crippen LogP contribution is 2.34. The zero-order valence-electron chi connectivity index (χ0n) is 10.9. The lowest BCUT2D eigenvalue weighted by Crippen LogP contribution is -2.49. The summed E-state index contributed by atoms with van der Waals surface area (Å²) in [6.45, 7) is 4.87. The quantitative estimate of drug-likeness (QED) is 0.909. The second-order valence-corrected chi connectivity index (χ2v) is 5.29. The first-order chi connectivity index (χ1) is 7.88. The zero-order chi connectivity index (χ0) is 11.0. The van der Waals surface area contributed by atoms with Gasteiger partial charge in [-0.1, -0.05) is 6.92 Å². The van der Waals surface area contributed by atoms with Gasteiger partial charge < -0.3 is 0 Å². The van der Waals surface area contributed by atoms with Gasteiger partial charge in [0.2, 0.25) is 0 Å². The molecule has 1 aliphatic carbocycles. The van der Waals surface area contributed by atoms with Crippen LogP contribution in [0.1, 0.15) is 37.4 Å². The summed E-state index contributed by atoms with van der Waals surface area (Å²) in [6.07, 6.45) is 8.54. The molecule has 0 unspecified atom stereocenters. The summed E-state index contributed by atoms with van der Waals surface area (Å²) in [5.41, 5.74) is 2.86. The molecule has 0 saturated carbocycles. The van der Waals surface area contributed by atoms with E-state index in [0.717, 1.165) is 12.0 Å². The van der Waals surface area contributed by atoms with E-state index in [-0.39, 0.29) is 24.8 Å². The van der Waals surface area contributed by atoms with E-state index in [4.69, 9.17) is 0 Å². The van der Waals surface area contributed by atoms with Gasteiger partial charge in [-0.2, -0.15) is 5.10 Å². The smallest absolute Gasteiger partial charge is 0.0522 e. The molecular formula is C13H23Cl2N3. The SMILES string of the molecule is CCCN1CCC[C@@H]2Cc3[nH]ncc3C[C@H]21.Cl.Cl. The highest BCUT2D eigenvalue weighted by molar-refractivity contribution is 5.85. The molecular weight excluding hydrogens is 269 g/mol. The summed E-state index contributed by atoms with van der Waals surface area (Å²) < 4.78 is 0. The molecule has 1 aliphatic heterocycles. The van der Waals surface area contributed by atoms with E-state index in [1.165, 1.54) is 56.5 Å². The fourth-order valence-corrected chi connectivity index (χ4v) is 3.49. The molecule has 1 saturated heterocycles. The number of likely N-dealkylation sites (tertiary alicyclic amines) is 1. The van der Waals surface area contributed by atoms with Crippen molar-refractivity contribution in [3.05, 3.63) is 17.5 Å². The first-order valence-electron chi connectivity index (χ1n) is 6.63. The molecule has 0 spiro atoms. The predicted molar refractivity (Wildman–Crippen MR) is 78.9 cm³/mol. The summed E-state index contributed by atoms with van der Waals surface area (Å²) in [5, 5.41) is 7.36. The Bertz CT molecular complexity index is 365. The lowest BCUT2D eigenvalue weighted by molar-refractivity contribution is 0.0850. The van der Waals surface area contributed by atoms with Crippen LogP contribution in [0.15, 0.2) is 6.20 Å². The maximum absolute atomic E-state index is 4.19. The fraction of sp³-hybridized carbons (Fsp3) is 0.769. The van der Waals surface area contributed by atoms with Crippen molar-refractivity contribution in [1.82, 2.24) is 15.1 Å². The number of piperidine rings is 1. The summed E-state index contributed by atoms with van der Waals surface area (Å²) in [5.74, 6) is 0.869. The van der Waals surface area contributed by atoms with Crippen molar-refractivity contribution in [2.75, 3.05) is 13.1 Å². The van der Waals surface area contributed by atoms with Crippen molar-refractivity contribution < 1.29 is 0 Å². The molecule has 1 aromatic heterocycles. The molecule has 3 nitrogen and oxygen atoms in total. The Kier molecular flexibility index (Phi) is 5.96. The van der Waals surface area contributed by atoms with E-state index in [1.54, 1.807) is 0 Å². The number of halogens is 2. The van der Waals surface area contributed by atoms with Gasteiger partial charge in [0.05, 0.1) is 6.20 Å². The molecule has 2 aliphatic rings. The number of aromatic nitrogens is 2. The third-order valence-corrected chi connectivity index (χ3v) is 4.25. The highest BCUT2D eigenvalue weighted by Gasteiger charge is 2.35. The van der Waals surface area contributed by atoms with E-state index < -0.39 is 0 Å². The molecule has 5 heteroatoms. The lowest BCUT2D eigenvalue weighted by atomic mass is 9.77. The van der Waals surface area contributed by atoms with Gasteiger partial charge in [-0.05, 0) is 56.7 Å². The van der Waals surface area contributed by atoms with Crippen LogP contribution < -0.4 is 0 Å². The Morgan fingerprint density at radius 1 is 1.39 bits per heavy atom. The van der Waals surface area contributed by atoms with Gasteiger partial charge in [0.15, 0.2) is 0 Å². The van der Waals surface area contributed by atoms with Crippen LogP contribution in [0.5, 0.6) is 0 Å². The predicted octanol–water partition coefficient (Wildman–Crippen LogP) is 2.84. The molecule has 1 N–H and O–H groups in total. The number of H-pyrrole nitrogens is 1. The molecule has 104 valence electrons. The molecule has 1 aromatic rings. The average molecular weight is 292 g/mol. The average Bonchev–Trinajstić information content (AvgIpc) is 2.74. The Labute approximate surface area is 122 Å². The van der Waals surface area contributed by atoms with Crippen molar-refractivity contribution in [2.24, 2.45) is 5.92 Å². The van der Waals surface area contributed by atoms with Gasteiger partial charge in [-0.3, -0.25) is 10.00 Å². The van der Waals surface area contributed by atoms with E-state index in [9.17, 15) is 0 Å².